The first kappa shape index (κ1) is 24.1. The maximum absolute atomic E-state index is 13.8. The number of carbonyl (C=O) groups excluding carboxylic acids is 1. The van der Waals surface area contributed by atoms with Crippen LogP contribution in [-0.2, 0) is 0 Å². The van der Waals surface area contributed by atoms with Crippen molar-refractivity contribution in [2.75, 3.05) is 5.01 Å². The summed E-state index contributed by atoms with van der Waals surface area (Å²) in [5, 5.41) is 18.6. The summed E-state index contributed by atoms with van der Waals surface area (Å²) in [6, 6.07) is 22.0. The Morgan fingerprint density at radius 1 is 1.03 bits per heavy atom. The highest BCUT2D eigenvalue weighted by atomic mass is 32.1. The van der Waals surface area contributed by atoms with Gasteiger partial charge in [-0.05, 0) is 58.8 Å². The molecule has 4 aromatic carbocycles. The van der Waals surface area contributed by atoms with Gasteiger partial charge >= 0.3 is 5.63 Å². The monoisotopic (exact) mass is 538 g/mol. The number of nitro groups is 1. The molecule has 1 amide bonds. The zero-order chi connectivity index (χ0) is 27.1. The molecule has 9 nitrogen and oxygen atoms in total. The molecule has 0 unspecified atom stereocenters. The molecule has 0 atom stereocenters. The lowest BCUT2D eigenvalue weighted by molar-refractivity contribution is -0.384. The van der Waals surface area contributed by atoms with Gasteiger partial charge in [0.2, 0.25) is 5.13 Å². The SMILES string of the molecule is O=C(c1cc2c(ccc3ccccc32)oc1=O)N(/N=C/c1ccc([N+](=O)[O-])cc1)c1nc2ccc(F)cc2s1. The Morgan fingerprint density at radius 3 is 2.62 bits per heavy atom. The average Bonchev–Trinajstić information content (AvgIpc) is 3.35. The summed E-state index contributed by atoms with van der Waals surface area (Å²) >= 11 is 1.01. The maximum Gasteiger partial charge on any atom is 0.349 e. The largest absolute Gasteiger partial charge is 0.422 e. The number of nitrogens with zero attached hydrogens (tertiary/aromatic N) is 4. The smallest absolute Gasteiger partial charge is 0.349 e. The predicted molar refractivity (Wildman–Crippen MR) is 147 cm³/mol. The fourth-order valence-electron chi connectivity index (χ4n) is 4.11. The summed E-state index contributed by atoms with van der Waals surface area (Å²) in [6.07, 6.45) is 1.31. The number of fused-ring (bicyclic) bond motifs is 4. The fraction of sp³-hybridized carbons (Fsp3) is 0. The number of hydrogen-bond donors (Lipinski definition) is 0. The van der Waals surface area contributed by atoms with E-state index in [1.807, 2.05) is 30.3 Å². The van der Waals surface area contributed by atoms with E-state index < -0.39 is 22.3 Å². The number of anilines is 1. The minimum atomic E-state index is -0.856. The molecule has 6 rings (SSSR count). The normalized spacial score (nSPS) is 11.5. The van der Waals surface area contributed by atoms with Crippen LogP contribution in [-0.4, -0.2) is 22.0 Å². The molecule has 0 aliphatic rings. The maximum atomic E-state index is 13.8. The highest BCUT2D eigenvalue weighted by molar-refractivity contribution is 7.22. The number of thiazole rings is 1. The number of hydrazone groups is 1. The molecule has 0 saturated carbocycles. The van der Waals surface area contributed by atoms with Gasteiger partial charge in [-0.1, -0.05) is 41.7 Å². The van der Waals surface area contributed by atoms with Gasteiger partial charge in [0.25, 0.3) is 11.6 Å². The number of hydrogen-bond acceptors (Lipinski definition) is 8. The number of aromatic nitrogens is 1. The average molecular weight is 539 g/mol. The second-order valence-electron chi connectivity index (χ2n) is 8.46. The summed E-state index contributed by atoms with van der Waals surface area (Å²) < 4.78 is 19.8. The molecule has 39 heavy (non-hydrogen) atoms. The second kappa shape index (κ2) is 9.54. The summed E-state index contributed by atoms with van der Waals surface area (Å²) in [5.74, 6) is -1.27. The third kappa shape index (κ3) is 4.51. The van der Waals surface area contributed by atoms with Crippen LogP contribution in [0.3, 0.4) is 0 Å². The van der Waals surface area contributed by atoms with Crippen LogP contribution in [0.15, 0.2) is 99.2 Å². The van der Waals surface area contributed by atoms with Crippen LogP contribution in [0.1, 0.15) is 15.9 Å². The van der Waals surface area contributed by atoms with E-state index in [1.165, 1.54) is 54.7 Å². The van der Waals surface area contributed by atoms with Gasteiger partial charge in [0.15, 0.2) is 0 Å². The van der Waals surface area contributed by atoms with E-state index in [4.69, 9.17) is 4.42 Å². The minimum absolute atomic E-state index is 0.0937. The van der Waals surface area contributed by atoms with Crippen LogP contribution in [0.5, 0.6) is 0 Å². The van der Waals surface area contributed by atoms with E-state index in [0.29, 0.717) is 26.7 Å². The van der Waals surface area contributed by atoms with E-state index >= 15 is 0 Å². The number of benzene rings is 4. The lowest BCUT2D eigenvalue weighted by atomic mass is 10.0. The van der Waals surface area contributed by atoms with Crippen molar-refractivity contribution >= 4 is 66.2 Å². The molecular weight excluding hydrogens is 523 g/mol. The Balaban J connectivity index is 1.48. The van der Waals surface area contributed by atoms with Gasteiger partial charge in [-0.15, -0.1) is 0 Å². The lowest BCUT2D eigenvalue weighted by Gasteiger charge is -2.13. The van der Waals surface area contributed by atoms with Gasteiger partial charge in [-0.2, -0.15) is 10.1 Å². The lowest BCUT2D eigenvalue weighted by Crippen LogP contribution is -2.30. The van der Waals surface area contributed by atoms with E-state index in [0.717, 1.165) is 27.1 Å². The molecule has 11 heteroatoms. The van der Waals surface area contributed by atoms with Crippen molar-refractivity contribution in [2.45, 2.75) is 0 Å². The van der Waals surface area contributed by atoms with E-state index in [-0.39, 0.29) is 16.4 Å². The van der Waals surface area contributed by atoms with Crippen LogP contribution < -0.4 is 10.6 Å². The van der Waals surface area contributed by atoms with Gasteiger partial charge in [0.05, 0.1) is 21.4 Å². The number of non-ortho nitro benzene ring substituents is 1. The van der Waals surface area contributed by atoms with Crippen LogP contribution in [0, 0.1) is 15.9 Å². The topological polar surface area (TPSA) is 119 Å². The number of amides is 1. The van der Waals surface area contributed by atoms with E-state index in [2.05, 4.69) is 10.1 Å². The molecule has 190 valence electrons. The van der Waals surface area contributed by atoms with Gasteiger partial charge in [0.1, 0.15) is 17.0 Å². The van der Waals surface area contributed by atoms with Gasteiger partial charge in [-0.25, -0.2) is 14.2 Å². The number of carbonyl (C=O) groups is 1. The summed E-state index contributed by atoms with van der Waals surface area (Å²) in [4.78, 5) is 41.6. The van der Waals surface area contributed by atoms with Crippen molar-refractivity contribution in [1.29, 1.82) is 0 Å². The van der Waals surface area contributed by atoms with Crippen molar-refractivity contribution in [1.82, 2.24) is 4.98 Å². The zero-order valence-corrected chi connectivity index (χ0v) is 20.6. The van der Waals surface area contributed by atoms with Crippen molar-refractivity contribution in [2.24, 2.45) is 5.10 Å². The van der Waals surface area contributed by atoms with E-state index in [9.17, 15) is 24.1 Å². The predicted octanol–water partition coefficient (Wildman–Crippen LogP) is 6.28. The van der Waals surface area contributed by atoms with Crippen LogP contribution >= 0.6 is 11.3 Å². The van der Waals surface area contributed by atoms with Gasteiger partial charge in [-0.3, -0.25) is 14.9 Å². The molecule has 0 aliphatic carbocycles. The molecule has 0 radical (unpaired) electrons. The highest BCUT2D eigenvalue weighted by Crippen LogP contribution is 2.31. The third-order valence-corrected chi connectivity index (χ3v) is 7.00. The molecule has 0 aliphatic heterocycles. The Labute approximate surface area is 222 Å². The quantitative estimate of drug-likeness (QED) is 0.0837. The van der Waals surface area contributed by atoms with Crippen molar-refractivity contribution in [3.8, 4) is 0 Å². The van der Waals surface area contributed by atoms with Crippen LogP contribution in [0.2, 0.25) is 0 Å². The highest BCUT2D eigenvalue weighted by Gasteiger charge is 2.25. The fourth-order valence-corrected chi connectivity index (χ4v) is 5.05. The second-order valence-corrected chi connectivity index (χ2v) is 9.47. The standard InChI is InChI=1S/C28H15FN4O5S/c29-18-8-11-23-25(13-18)39-28(31-23)32(30-15-16-5-9-19(10-6-16)33(36)37)26(34)22-14-21-20-4-2-1-3-17(20)7-12-24(21)38-27(22)35/h1-15H/b30-15+. The van der Waals surface area contributed by atoms with Crippen LogP contribution in [0.25, 0.3) is 32.0 Å². The molecule has 2 heterocycles. The molecule has 0 bridgehead atoms. The van der Waals surface area contributed by atoms with Crippen LogP contribution in [0.4, 0.5) is 15.2 Å². The Kier molecular flexibility index (Phi) is 5.89. The minimum Gasteiger partial charge on any atom is -0.422 e. The summed E-state index contributed by atoms with van der Waals surface area (Å²) in [5.41, 5.74) is -0.00472. The molecular formula is C28H15FN4O5S. The number of rotatable bonds is 5. The van der Waals surface area contributed by atoms with Crippen molar-refractivity contribution < 1.29 is 18.5 Å². The first-order valence-corrected chi connectivity index (χ1v) is 12.3. The van der Waals surface area contributed by atoms with E-state index in [1.54, 1.807) is 6.07 Å². The van der Waals surface area contributed by atoms with Gasteiger partial charge < -0.3 is 4.42 Å². The molecule has 0 saturated heterocycles. The first-order chi connectivity index (χ1) is 18.9. The third-order valence-electron chi connectivity index (χ3n) is 6.01. The molecule has 0 spiro atoms. The summed E-state index contributed by atoms with van der Waals surface area (Å²) in [7, 11) is 0. The zero-order valence-electron chi connectivity index (χ0n) is 19.8. The Hall–Kier alpha value is -5.29. The van der Waals surface area contributed by atoms with Crippen molar-refractivity contribution in [3.63, 3.8) is 0 Å². The van der Waals surface area contributed by atoms with Crippen molar-refractivity contribution in [3.05, 3.63) is 122 Å². The molecule has 0 fully saturated rings. The Bertz CT molecular complexity index is 2020. The molecule has 6 aromatic rings. The number of halogens is 1. The summed E-state index contributed by atoms with van der Waals surface area (Å²) in [6.45, 7) is 0. The molecule has 2 aromatic heterocycles. The number of nitro benzene ring substituents is 1. The Morgan fingerprint density at radius 2 is 1.82 bits per heavy atom. The molecule has 0 N–H and O–H groups in total. The van der Waals surface area contributed by atoms with Gasteiger partial charge in [0, 0.05) is 17.5 Å². The first-order valence-electron chi connectivity index (χ1n) is 11.5.